The van der Waals surface area contributed by atoms with Crippen LogP contribution in [-0.2, 0) is 9.59 Å². The van der Waals surface area contributed by atoms with E-state index in [0.29, 0.717) is 13.0 Å². The van der Waals surface area contributed by atoms with Gasteiger partial charge in [0.25, 0.3) is 0 Å². The van der Waals surface area contributed by atoms with Gasteiger partial charge in [0.05, 0.1) is 0 Å². The van der Waals surface area contributed by atoms with Crippen molar-refractivity contribution in [2.24, 2.45) is 0 Å². The van der Waals surface area contributed by atoms with E-state index >= 15 is 0 Å². The zero-order valence-electron chi connectivity index (χ0n) is 8.06. The first-order valence-corrected chi connectivity index (χ1v) is 4.43. The summed E-state index contributed by atoms with van der Waals surface area (Å²) in [5.41, 5.74) is 0. The lowest BCUT2D eigenvalue weighted by molar-refractivity contribution is -0.146. The van der Waals surface area contributed by atoms with Crippen molar-refractivity contribution in [2.75, 3.05) is 13.6 Å². The van der Waals surface area contributed by atoms with Gasteiger partial charge in [-0.1, -0.05) is 6.58 Å². The fourth-order valence-electron chi connectivity index (χ4n) is 1.64. The van der Waals surface area contributed by atoms with Gasteiger partial charge in [-0.25, -0.2) is 4.79 Å². The summed E-state index contributed by atoms with van der Waals surface area (Å²) in [4.78, 5) is 23.5. The standard InChI is InChI=1S/C9H14N2O3/c1-3-8(12)11-5-6(10-2)4-7(11)9(13)14/h3,6-7,10H,1,4-5H2,2H3,(H,13,14)/t6?,7-/m0/s1. The molecule has 1 fully saturated rings. The number of nitrogens with one attached hydrogen (secondary N) is 1. The number of rotatable bonds is 3. The topological polar surface area (TPSA) is 69.6 Å². The number of likely N-dealkylation sites (N-methyl/N-ethyl adjacent to an activating group) is 1. The minimum absolute atomic E-state index is 0.0556. The fraction of sp³-hybridized carbons (Fsp3) is 0.556. The van der Waals surface area contributed by atoms with Crippen molar-refractivity contribution in [1.29, 1.82) is 0 Å². The van der Waals surface area contributed by atoms with E-state index in [-0.39, 0.29) is 11.9 Å². The first-order valence-electron chi connectivity index (χ1n) is 4.43. The molecular weight excluding hydrogens is 184 g/mol. The highest BCUT2D eigenvalue weighted by atomic mass is 16.4. The van der Waals surface area contributed by atoms with E-state index in [0.717, 1.165) is 6.08 Å². The normalized spacial score (nSPS) is 26.2. The lowest BCUT2D eigenvalue weighted by Gasteiger charge is -2.19. The molecule has 1 saturated heterocycles. The first kappa shape index (κ1) is 10.7. The molecule has 1 unspecified atom stereocenters. The Labute approximate surface area is 82.4 Å². The summed E-state index contributed by atoms with van der Waals surface area (Å²) in [6, 6.07) is -0.669. The van der Waals surface area contributed by atoms with Gasteiger partial charge in [0.1, 0.15) is 6.04 Å². The van der Waals surface area contributed by atoms with E-state index in [4.69, 9.17) is 5.11 Å². The number of carbonyl (C=O) groups is 2. The van der Waals surface area contributed by atoms with E-state index in [9.17, 15) is 9.59 Å². The third-order valence-corrected chi connectivity index (χ3v) is 2.45. The second-order valence-corrected chi connectivity index (χ2v) is 3.27. The highest BCUT2D eigenvalue weighted by molar-refractivity contribution is 5.91. The third kappa shape index (κ3) is 1.93. The minimum atomic E-state index is -0.960. The van der Waals surface area contributed by atoms with Crippen LogP contribution in [-0.4, -0.2) is 47.6 Å². The maximum atomic E-state index is 11.3. The summed E-state index contributed by atoms with van der Waals surface area (Å²) in [6.07, 6.45) is 1.60. The molecule has 1 aliphatic heterocycles. The number of hydrogen-bond donors (Lipinski definition) is 2. The maximum absolute atomic E-state index is 11.3. The van der Waals surface area contributed by atoms with E-state index in [2.05, 4.69) is 11.9 Å². The molecule has 78 valence electrons. The van der Waals surface area contributed by atoms with Gasteiger partial charge in [-0.2, -0.15) is 0 Å². The van der Waals surface area contributed by atoms with Gasteiger partial charge in [0.2, 0.25) is 5.91 Å². The Morgan fingerprint density at radius 1 is 1.64 bits per heavy atom. The monoisotopic (exact) mass is 198 g/mol. The molecule has 1 amide bonds. The van der Waals surface area contributed by atoms with E-state index in [1.807, 2.05) is 0 Å². The van der Waals surface area contributed by atoms with Crippen molar-refractivity contribution < 1.29 is 14.7 Å². The molecule has 0 aromatic rings. The third-order valence-electron chi connectivity index (χ3n) is 2.45. The molecule has 0 radical (unpaired) electrons. The number of hydrogen-bond acceptors (Lipinski definition) is 3. The maximum Gasteiger partial charge on any atom is 0.326 e. The number of carboxylic acids is 1. The van der Waals surface area contributed by atoms with Crippen LogP contribution in [0.1, 0.15) is 6.42 Å². The average molecular weight is 198 g/mol. The Balaban J connectivity index is 2.76. The van der Waals surface area contributed by atoms with Crippen LogP contribution in [0.25, 0.3) is 0 Å². The highest BCUT2D eigenvalue weighted by Gasteiger charge is 2.37. The number of nitrogens with zero attached hydrogens (tertiary/aromatic N) is 1. The van der Waals surface area contributed by atoms with E-state index < -0.39 is 12.0 Å². The zero-order valence-corrected chi connectivity index (χ0v) is 8.06. The van der Waals surface area contributed by atoms with Crippen molar-refractivity contribution in [3.63, 3.8) is 0 Å². The Bertz CT molecular complexity index is 265. The second-order valence-electron chi connectivity index (χ2n) is 3.27. The van der Waals surface area contributed by atoms with Crippen molar-refractivity contribution in [3.05, 3.63) is 12.7 Å². The van der Waals surface area contributed by atoms with Gasteiger partial charge >= 0.3 is 5.97 Å². The Hall–Kier alpha value is -1.36. The predicted octanol–water partition coefficient (Wildman–Crippen LogP) is -0.554. The quantitative estimate of drug-likeness (QED) is 0.597. The van der Waals surface area contributed by atoms with Gasteiger partial charge in [0, 0.05) is 12.6 Å². The van der Waals surface area contributed by atoms with Gasteiger partial charge in [-0.3, -0.25) is 4.79 Å². The van der Waals surface area contributed by atoms with E-state index in [1.165, 1.54) is 4.90 Å². The fourth-order valence-corrected chi connectivity index (χ4v) is 1.64. The first-order chi connectivity index (χ1) is 6.60. The number of amides is 1. The molecule has 0 saturated carbocycles. The second kappa shape index (κ2) is 4.23. The van der Waals surface area contributed by atoms with Crippen LogP contribution in [0.3, 0.4) is 0 Å². The molecule has 0 aromatic carbocycles. The van der Waals surface area contributed by atoms with Gasteiger partial charge < -0.3 is 15.3 Å². The predicted molar refractivity (Wildman–Crippen MR) is 50.8 cm³/mol. The van der Waals surface area contributed by atoms with Crippen molar-refractivity contribution in [3.8, 4) is 0 Å². The van der Waals surface area contributed by atoms with Crippen LogP contribution in [0.5, 0.6) is 0 Å². The molecule has 5 nitrogen and oxygen atoms in total. The van der Waals surface area contributed by atoms with Gasteiger partial charge in [-0.05, 0) is 19.5 Å². The number of likely N-dealkylation sites (tertiary alicyclic amines) is 1. The Morgan fingerprint density at radius 2 is 2.29 bits per heavy atom. The molecule has 5 heteroatoms. The number of aliphatic carboxylic acids is 1. The van der Waals surface area contributed by atoms with Crippen molar-refractivity contribution in [1.82, 2.24) is 10.2 Å². The average Bonchev–Trinajstić information content (AvgIpc) is 2.60. The Kier molecular flexibility index (Phi) is 3.24. The SMILES string of the molecule is C=CC(=O)N1CC(NC)C[C@H]1C(=O)O. The molecule has 1 rings (SSSR count). The van der Waals surface area contributed by atoms with Crippen LogP contribution in [0.4, 0.5) is 0 Å². The van der Waals surface area contributed by atoms with Crippen LogP contribution >= 0.6 is 0 Å². The van der Waals surface area contributed by atoms with Crippen LogP contribution in [0.15, 0.2) is 12.7 Å². The number of carbonyl (C=O) groups excluding carboxylic acids is 1. The molecular formula is C9H14N2O3. The lowest BCUT2D eigenvalue weighted by atomic mass is 10.2. The summed E-state index contributed by atoms with van der Waals surface area (Å²) in [7, 11) is 1.76. The molecule has 1 aliphatic rings. The summed E-state index contributed by atoms with van der Waals surface area (Å²) in [5, 5.41) is 11.9. The molecule has 2 N–H and O–H groups in total. The largest absolute Gasteiger partial charge is 0.480 e. The molecule has 2 atom stereocenters. The zero-order chi connectivity index (χ0) is 10.7. The van der Waals surface area contributed by atoms with Crippen molar-refractivity contribution >= 4 is 11.9 Å². The summed E-state index contributed by atoms with van der Waals surface area (Å²) in [6.45, 7) is 3.77. The lowest BCUT2D eigenvalue weighted by Crippen LogP contribution is -2.39. The van der Waals surface area contributed by atoms with Gasteiger partial charge in [-0.15, -0.1) is 0 Å². The smallest absolute Gasteiger partial charge is 0.326 e. The number of carboxylic acid groups (broad SMARTS) is 1. The Morgan fingerprint density at radius 3 is 2.71 bits per heavy atom. The summed E-state index contributed by atoms with van der Waals surface area (Å²) >= 11 is 0. The van der Waals surface area contributed by atoms with Crippen molar-refractivity contribution in [2.45, 2.75) is 18.5 Å². The molecule has 0 bridgehead atoms. The molecule has 1 heterocycles. The molecule has 0 spiro atoms. The molecule has 0 aliphatic carbocycles. The summed E-state index contributed by atoms with van der Waals surface area (Å²) < 4.78 is 0. The molecule has 0 aromatic heterocycles. The minimum Gasteiger partial charge on any atom is -0.480 e. The van der Waals surface area contributed by atoms with E-state index in [1.54, 1.807) is 7.05 Å². The van der Waals surface area contributed by atoms with Crippen LogP contribution in [0.2, 0.25) is 0 Å². The molecule has 14 heavy (non-hydrogen) atoms. The summed E-state index contributed by atoms with van der Waals surface area (Å²) in [5.74, 6) is -1.28. The van der Waals surface area contributed by atoms with Crippen LogP contribution in [0, 0.1) is 0 Å². The highest BCUT2D eigenvalue weighted by Crippen LogP contribution is 2.18. The van der Waals surface area contributed by atoms with Gasteiger partial charge in [0.15, 0.2) is 0 Å². The van der Waals surface area contributed by atoms with Crippen LogP contribution < -0.4 is 5.32 Å².